The molecule has 8 heteroatoms. The van der Waals surface area contributed by atoms with Gasteiger partial charge in [-0.1, -0.05) is 43.3 Å². The lowest BCUT2D eigenvalue weighted by molar-refractivity contribution is 0.269. The van der Waals surface area contributed by atoms with E-state index in [4.69, 9.17) is 4.52 Å². The van der Waals surface area contributed by atoms with Crippen molar-refractivity contribution in [3.63, 3.8) is 0 Å². The van der Waals surface area contributed by atoms with Gasteiger partial charge in [-0.05, 0) is 43.6 Å². The van der Waals surface area contributed by atoms with Crippen molar-refractivity contribution >= 4 is 29.9 Å². The number of benzene rings is 1. The van der Waals surface area contributed by atoms with E-state index in [0.29, 0.717) is 12.5 Å². The largest absolute Gasteiger partial charge is 0.359 e. The molecule has 1 aromatic carbocycles. The highest BCUT2D eigenvalue weighted by molar-refractivity contribution is 14.0. The Hall–Kier alpha value is -1.65. The van der Waals surface area contributed by atoms with Gasteiger partial charge in [0.1, 0.15) is 0 Å². The van der Waals surface area contributed by atoms with Crippen molar-refractivity contribution in [2.45, 2.75) is 45.8 Å². The first-order chi connectivity index (χ1) is 14.5. The van der Waals surface area contributed by atoms with Crippen molar-refractivity contribution in [2.75, 3.05) is 40.3 Å². The summed E-state index contributed by atoms with van der Waals surface area (Å²) in [6, 6.07) is 10.9. The maximum Gasteiger partial charge on any atom is 0.191 e. The molecule has 3 rings (SSSR count). The Kier molecular flexibility index (Phi) is 10.8. The van der Waals surface area contributed by atoms with Crippen molar-refractivity contribution in [1.82, 2.24) is 25.6 Å². The van der Waals surface area contributed by atoms with Crippen LogP contribution >= 0.6 is 24.0 Å². The summed E-state index contributed by atoms with van der Waals surface area (Å²) in [5.74, 6) is 1.92. The molecular formula is C23H37IN6O. The van der Waals surface area contributed by atoms with Crippen LogP contribution in [0.4, 0.5) is 0 Å². The number of nitrogens with zero attached hydrogens (tertiary/aromatic N) is 4. The molecule has 1 aliphatic rings. The first-order valence-corrected chi connectivity index (χ1v) is 10.9. The third kappa shape index (κ3) is 8.42. The molecule has 0 amide bonds. The third-order valence-corrected chi connectivity index (χ3v) is 5.52. The maximum atomic E-state index is 5.37. The number of aliphatic imine (C=N–C) groups is 1. The van der Waals surface area contributed by atoms with Crippen LogP contribution < -0.4 is 10.6 Å². The van der Waals surface area contributed by atoms with E-state index in [1.165, 1.54) is 30.6 Å². The van der Waals surface area contributed by atoms with E-state index in [0.717, 1.165) is 43.6 Å². The molecule has 0 spiro atoms. The summed E-state index contributed by atoms with van der Waals surface area (Å²) < 4.78 is 5.37. The molecule has 7 nitrogen and oxygen atoms in total. The van der Waals surface area contributed by atoms with E-state index in [2.05, 4.69) is 75.7 Å². The van der Waals surface area contributed by atoms with E-state index in [-0.39, 0.29) is 24.0 Å². The second-order valence-electron chi connectivity index (χ2n) is 8.40. The van der Waals surface area contributed by atoms with Gasteiger partial charge in [0.05, 0.1) is 12.2 Å². The van der Waals surface area contributed by atoms with Gasteiger partial charge in [-0.3, -0.25) is 9.89 Å². The van der Waals surface area contributed by atoms with Crippen LogP contribution in [0.2, 0.25) is 0 Å². The molecule has 31 heavy (non-hydrogen) atoms. The molecule has 1 aromatic heterocycles. The maximum absolute atomic E-state index is 5.37. The second-order valence-corrected chi connectivity index (χ2v) is 8.40. The van der Waals surface area contributed by atoms with Crippen LogP contribution in [0.5, 0.6) is 0 Å². The van der Waals surface area contributed by atoms with Gasteiger partial charge in [-0.2, -0.15) is 0 Å². The van der Waals surface area contributed by atoms with E-state index in [1.807, 2.05) is 6.07 Å². The summed E-state index contributed by atoms with van der Waals surface area (Å²) in [6.45, 7) is 11.2. The van der Waals surface area contributed by atoms with Crippen molar-refractivity contribution in [3.05, 3.63) is 52.9 Å². The van der Waals surface area contributed by atoms with Gasteiger partial charge in [0.2, 0.25) is 0 Å². The highest BCUT2D eigenvalue weighted by atomic mass is 127. The van der Waals surface area contributed by atoms with Crippen molar-refractivity contribution < 1.29 is 4.52 Å². The zero-order valence-corrected chi connectivity index (χ0v) is 21.6. The Balaban J connectivity index is 0.00000341. The molecule has 0 saturated carbocycles. The molecule has 2 aromatic rings. The van der Waals surface area contributed by atoms with E-state index in [1.54, 1.807) is 7.05 Å². The predicted octanol–water partition coefficient (Wildman–Crippen LogP) is 3.42. The van der Waals surface area contributed by atoms with Crippen molar-refractivity contribution in [1.29, 1.82) is 0 Å². The van der Waals surface area contributed by atoms with Crippen LogP contribution in [-0.4, -0.2) is 61.2 Å². The highest BCUT2D eigenvalue weighted by Gasteiger charge is 2.12. The minimum Gasteiger partial charge on any atom is -0.359 e. The van der Waals surface area contributed by atoms with Gasteiger partial charge in [0, 0.05) is 39.3 Å². The summed E-state index contributed by atoms with van der Waals surface area (Å²) in [7, 11) is 3.99. The summed E-state index contributed by atoms with van der Waals surface area (Å²) in [6.07, 6.45) is 1.25. The zero-order valence-electron chi connectivity index (χ0n) is 19.2. The Bertz CT molecular complexity index is 805. The third-order valence-electron chi connectivity index (χ3n) is 5.52. The minimum atomic E-state index is 0. The lowest BCUT2D eigenvalue weighted by atomic mass is 10.1. The normalized spacial score (nSPS) is 16.1. The van der Waals surface area contributed by atoms with E-state index < -0.39 is 0 Å². The van der Waals surface area contributed by atoms with E-state index >= 15 is 0 Å². The number of hydrogen-bond acceptors (Lipinski definition) is 5. The molecular weight excluding hydrogens is 503 g/mol. The van der Waals surface area contributed by atoms with Crippen LogP contribution in [0.3, 0.4) is 0 Å². The second kappa shape index (κ2) is 13.0. The highest BCUT2D eigenvalue weighted by Crippen LogP contribution is 2.14. The predicted molar refractivity (Wildman–Crippen MR) is 137 cm³/mol. The van der Waals surface area contributed by atoms with Crippen LogP contribution in [-0.2, 0) is 19.6 Å². The molecule has 0 unspecified atom stereocenters. The van der Waals surface area contributed by atoms with Crippen molar-refractivity contribution in [2.24, 2.45) is 4.99 Å². The smallest absolute Gasteiger partial charge is 0.191 e. The van der Waals surface area contributed by atoms with Gasteiger partial charge in [-0.15, -0.1) is 24.0 Å². The number of aromatic nitrogens is 1. The van der Waals surface area contributed by atoms with Gasteiger partial charge >= 0.3 is 0 Å². The zero-order chi connectivity index (χ0) is 21.3. The summed E-state index contributed by atoms with van der Waals surface area (Å²) in [4.78, 5) is 9.26. The number of halogens is 1. The molecule has 0 bridgehead atoms. The summed E-state index contributed by atoms with van der Waals surface area (Å²) in [5.41, 5.74) is 3.58. The number of rotatable bonds is 7. The summed E-state index contributed by atoms with van der Waals surface area (Å²) in [5, 5.41) is 10.7. The Morgan fingerprint density at radius 2 is 1.77 bits per heavy atom. The molecule has 1 aliphatic heterocycles. The quantitative estimate of drug-likeness (QED) is 0.319. The van der Waals surface area contributed by atoms with Gasteiger partial charge in [0.25, 0.3) is 0 Å². The molecule has 0 radical (unpaired) electrons. The number of likely N-dealkylation sites (N-methyl/N-ethyl adjacent to an activating group) is 1. The Labute approximate surface area is 203 Å². The molecule has 0 atom stereocenters. The average Bonchev–Trinajstić information content (AvgIpc) is 3.13. The minimum absolute atomic E-state index is 0. The van der Waals surface area contributed by atoms with Gasteiger partial charge in [-0.25, -0.2) is 0 Å². The van der Waals surface area contributed by atoms with Crippen LogP contribution in [0.1, 0.15) is 48.8 Å². The fourth-order valence-corrected chi connectivity index (χ4v) is 3.54. The standard InChI is InChI=1S/C23H36N6O.HI/c1-18(2)22-14-21(30-27-22)16-26-23(24-3)25-15-19-6-8-20(9-7-19)17-29-11-5-10-28(4)12-13-29;/h6-9,14,18H,5,10-13,15-17H2,1-4H3,(H2,24,25,26);1H. The number of nitrogens with one attached hydrogen (secondary N) is 2. The topological polar surface area (TPSA) is 68.9 Å². The fourth-order valence-electron chi connectivity index (χ4n) is 3.54. The van der Waals surface area contributed by atoms with Crippen molar-refractivity contribution in [3.8, 4) is 0 Å². The molecule has 1 fully saturated rings. The van der Waals surface area contributed by atoms with E-state index in [9.17, 15) is 0 Å². The molecule has 172 valence electrons. The molecule has 0 aliphatic carbocycles. The first-order valence-electron chi connectivity index (χ1n) is 10.9. The lowest BCUT2D eigenvalue weighted by Gasteiger charge is -2.20. The number of guanidine groups is 1. The van der Waals surface area contributed by atoms with Crippen LogP contribution in [0, 0.1) is 0 Å². The van der Waals surface area contributed by atoms with Crippen LogP contribution in [0.15, 0.2) is 39.8 Å². The van der Waals surface area contributed by atoms with Gasteiger partial charge in [0.15, 0.2) is 11.7 Å². The number of hydrogen-bond donors (Lipinski definition) is 2. The first kappa shape index (κ1) is 25.6. The molecule has 1 saturated heterocycles. The molecule has 2 heterocycles. The Morgan fingerprint density at radius 1 is 1.06 bits per heavy atom. The average molecular weight is 540 g/mol. The monoisotopic (exact) mass is 540 g/mol. The Morgan fingerprint density at radius 3 is 2.45 bits per heavy atom. The fraction of sp³-hybridized carbons (Fsp3) is 0.565. The summed E-state index contributed by atoms with van der Waals surface area (Å²) >= 11 is 0. The molecule has 2 N–H and O–H groups in total. The van der Waals surface area contributed by atoms with Gasteiger partial charge < -0.3 is 20.1 Å². The lowest BCUT2D eigenvalue weighted by Crippen LogP contribution is -2.36. The SMILES string of the molecule is CN=C(NCc1ccc(CN2CCCN(C)CC2)cc1)NCc1cc(C(C)C)no1.I. The van der Waals surface area contributed by atoms with Crippen LogP contribution in [0.25, 0.3) is 0 Å².